The van der Waals surface area contributed by atoms with Gasteiger partial charge in [-0.1, -0.05) is 97.1 Å². The Morgan fingerprint density at radius 1 is 0.818 bits per heavy atom. The normalized spacial score (nSPS) is 11.5. The van der Waals surface area contributed by atoms with E-state index in [1.165, 1.54) is 0 Å². The van der Waals surface area contributed by atoms with Crippen molar-refractivity contribution in [2.45, 2.75) is 6.92 Å². The topological polar surface area (TPSA) is 70.1 Å². The van der Waals surface area contributed by atoms with Crippen molar-refractivity contribution in [3.05, 3.63) is 114 Å². The molecule has 5 aromatic rings. The van der Waals surface area contributed by atoms with Gasteiger partial charge in [-0.2, -0.15) is 10.2 Å². The fraction of sp³-hybridized carbons (Fsp3) is 0.0357. The van der Waals surface area contributed by atoms with Crippen LogP contribution in [-0.2, 0) is 0 Å². The molecule has 0 aliphatic carbocycles. The number of amides is 1. The zero-order chi connectivity index (χ0) is 22.6. The Morgan fingerprint density at radius 2 is 1.52 bits per heavy atom. The Morgan fingerprint density at radius 3 is 2.33 bits per heavy atom. The molecule has 0 spiro atoms. The number of hydrazone groups is 1. The van der Waals surface area contributed by atoms with Crippen LogP contribution in [0, 0.1) is 0 Å². The van der Waals surface area contributed by atoms with Crippen molar-refractivity contribution < 1.29 is 4.79 Å². The van der Waals surface area contributed by atoms with Crippen LogP contribution in [0.3, 0.4) is 0 Å². The van der Waals surface area contributed by atoms with Crippen LogP contribution in [0.4, 0.5) is 0 Å². The zero-order valence-electron chi connectivity index (χ0n) is 18.1. The van der Waals surface area contributed by atoms with E-state index in [-0.39, 0.29) is 5.91 Å². The SMILES string of the molecule is C/C(=N\NC(=O)c1cc(-c2cccc3ccccc23)n[nH]1)c1ccc(-c2ccccc2)cc1. The largest absolute Gasteiger partial charge is 0.289 e. The van der Waals surface area contributed by atoms with Crippen molar-refractivity contribution >= 4 is 22.4 Å². The van der Waals surface area contributed by atoms with Crippen molar-refractivity contribution in [3.8, 4) is 22.4 Å². The maximum absolute atomic E-state index is 12.6. The van der Waals surface area contributed by atoms with Crippen molar-refractivity contribution in [3.63, 3.8) is 0 Å². The van der Waals surface area contributed by atoms with Crippen LogP contribution in [0.1, 0.15) is 23.0 Å². The summed E-state index contributed by atoms with van der Waals surface area (Å²) in [6.07, 6.45) is 0. The second-order valence-electron chi connectivity index (χ2n) is 7.78. The Balaban J connectivity index is 1.31. The minimum atomic E-state index is -0.339. The Kier molecular flexibility index (Phi) is 5.52. The zero-order valence-corrected chi connectivity index (χ0v) is 18.1. The monoisotopic (exact) mass is 430 g/mol. The highest BCUT2D eigenvalue weighted by molar-refractivity contribution is 6.01. The molecule has 1 aromatic heterocycles. The quantitative estimate of drug-likeness (QED) is 0.263. The molecule has 5 heteroatoms. The number of fused-ring (bicyclic) bond motifs is 1. The highest BCUT2D eigenvalue weighted by atomic mass is 16.2. The Labute approximate surface area is 191 Å². The molecule has 160 valence electrons. The van der Waals surface area contributed by atoms with Crippen LogP contribution in [0.15, 0.2) is 108 Å². The molecular formula is C28H22N4O. The van der Waals surface area contributed by atoms with E-state index >= 15 is 0 Å². The molecule has 1 amide bonds. The fourth-order valence-corrected chi connectivity index (χ4v) is 3.82. The predicted octanol–water partition coefficient (Wildman–Crippen LogP) is 6.05. The van der Waals surface area contributed by atoms with Crippen LogP contribution >= 0.6 is 0 Å². The summed E-state index contributed by atoms with van der Waals surface area (Å²) in [5.41, 5.74) is 8.62. The third kappa shape index (κ3) is 4.29. The van der Waals surface area contributed by atoms with Gasteiger partial charge in [0.15, 0.2) is 0 Å². The van der Waals surface area contributed by atoms with Crippen molar-refractivity contribution in [1.82, 2.24) is 15.6 Å². The second-order valence-corrected chi connectivity index (χ2v) is 7.78. The third-order valence-corrected chi connectivity index (χ3v) is 5.62. The molecule has 5 nitrogen and oxygen atoms in total. The molecule has 0 bridgehead atoms. The molecule has 1 heterocycles. The van der Waals surface area contributed by atoms with Gasteiger partial charge in [0.05, 0.1) is 11.4 Å². The van der Waals surface area contributed by atoms with E-state index < -0.39 is 0 Å². The summed E-state index contributed by atoms with van der Waals surface area (Å²) in [4.78, 5) is 12.6. The number of aromatic nitrogens is 2. The first kappa shape index (κ1) is 20.4. The van der Waals surface area contributed by atoms with Gasteiger partial charge in [0.25, 0.3) is 5.91 Å². The maximum Gasteiger partial charge on any atom is 0.289 e. The molecule has 0 radical (unpaired) electrons. The Bertz CT molecular complexity index is 1450. The number of hydrogen-bond donors (Lipinski definition) is 2. The molecule has 0 aliphatic heterocycles. The van der Waals surface area contributed by atoms with Gasteiger partial charge >= 0.3 is 0 Å². The summed E-state index contributed by atoms with van der Waals surface area (Å²) < 4.78 is 0. The second kappa shape index (κ2) is 8.93. The molecule has 2 N–H and O–H groups in total. The average molecular weight is 431 g/mol. The van der Waals surface area contributed by atoms with E-state index in [0.717, 1.165) is 38.7 Å². The van der Waals surface area contributed by atoms with Gasteiger partial charge in [-0.15, -0.1) is 0 Å². The minimum Gasteiger partial charge on any atom is -0.272 e. The number of carbonyl (C=O) groups is 1. The molecule has 33 heavy (non-hydrogen) atoms. The van der Waals surface area contributed by atoms with Crippen molar-refractivity contribution in [2.75, 3.05) is 0 Å². The van der Waals surface area contributed by atoms with Crippen LogP contribution < -0.4 is 5.43 Å². The number of rotatable bonds is 5. The summed E-state index contributed by atoms with van der Waals surface area (Å²) in [5, 5.41) is 13.7. The molecule has 0 saturated heterocycles. The van der Waals surface area contributed by atoms with E-state index in [4.69, 9.17) is 0 Å². The number of aromatic amines is 1. The summed E-state index contributed by atoms with van der Waals surface area (Å²) in [7, 11) is 0. The predicted molar refractivity (Wildman–Crippen MR) is 133 cm³/mol. The van der Waals surface area contributed by atoms with Gasteiger partial charge in [0.1, 0.15) is 5.69 Å². The van der Waals surface area contributed by atoms with E-state index in [2.05, 4.69) is 63.2 Å². The molecule has 0 saturated carbocycles. The van der Waals surface area contributed by atoms with Gasteiger partial charge < -0.3 is 0 Å². The lowest BCUT2D eigenvalue weighted by Crippen LogP contribution is -2.19. The first-order valence-electron chi connectivity index (χ1n) is 10.7. The van der Waals surface area contributed by atoms with Crippen LogP contribution in [0.25, 0.3) is 33.2 Å². The summed E-state index contributed by atoms with van der Waals surface area (Å²) >= 11 is 0. The van der Waals surface area contributed by atoms with Crippen LogP contribution in [0.5, 0.6) is 0 Å². The third-order valence-electron chi connectivity index (χ3n) is 5.62. The summed E-state index contributed by atoms with van der Waals surface area (Å²) in [6, 6.07) is 34.2. The lowest BCUT2D eigenvalue weighted by molar-refractivity contribution is 0.0950. The van der Waals surface area contributed by atoms with E-state index in [9.17, 15) is 4.79 Å². The summed E-state index contributed by atoms with van der Waals surface area (Å²) in [5.74, 6) is -0.339. The number of H-pyrrole nitrogens is 1. The van der Waals surface area contributed by atoms with E-state index in [0.29, 0.717) is 11.4 Å². The fourth-order valence-electron chi connectivity index (χ4n) is 3.82. The number of nitrogens with zero attached hydrogens (tertiary/aromatic N) is 2. The van der Waals surface area contributed by atoms with Crippen LogP contribution in [0.2, 0.25) is 0 Å². The first-order chi connectivity index (χ1) is 16.2. The first-order valence-corrected chi connectivity index (χ1v) is 10.7. The molecular weight excluding hydrogens is 408 g/mol. The van der Waals surface area contributed by atoms with Crippen LogP contribution in [-0.4, -0.2) is 21.8 Å². The molecule has 0 fully saturated rings. The minimum absolute atomic E-state index is 0.339. The van der Waals surface area contributed by atoms with E-state index in [1.807, 2.05) is 61.5 Å². The van der Waals surface area contributed by atoms with Gasteiger partial charge in [0.2, 0.25) is 0 Å². The van der Waals surface area contributed by atoms with E-state index in [1.54, 1.807) is 6.07 Å². The van der Waals surface area contributed by atoms with Crippen molar-refractivity contribution in [1.29, 1.82) is 0 Å². The van der Waals surface area contributed by atoms with Crippen molar-refractivity contribution in [2.24, 2.45) is 5.10 Å². The molecule has 0 aliphatic rings. The number of carbonyl (C=O) groups excluding carboxylic acids is 1. The average Bonchev–Trinajstić information content (AvgIpc) is 3.38. The highest BCUT2D eigenvalue weighted by Gasteiger charge is 2.12. The van der Waals surface area contributed by atoms with Gasteiger partial charge in [-0.05, 0) is 40.5 Å². The maximum atomic E-state index is 12.6. The number of benzene rings is 4. The molecule has 5 rings (SSSR count). The Hall–Kier alpha value is -4.51. The standard InChI is InChI=1S/C28H22N4O/c1-19(20-14-16-22(17-15-20)21-8-3-2-4-9-21)29-32-28(33)27-18-26(30-31-27)25-13-7-11-23-10-5-6-12-24(23)25/h2-18H,1H3,(H,30,31)(H,32,33)/b29-19+. The lowest BCUT2D eigenvalue weighted by atomic mass is 10.0. The molecule has 0 atom stereocenters. The molecule has 0 unspecified atom stereocenters. The number of hydrogen-bond acceptors (Lipinski definition) is 3. The highest BCUT2D eigenvalue weighted by Crippen LogP contribution is 2.27. The smallest absolute Gasteiger partial charge is 0.272 e. The lowest BCUT2D eigenvalue weighted by Gasteiger charge is -2.05. The molecule has 4 aromatic carbocycles. The number of nitrogens with one attached hydrogen (secondary N) is 2. The van der Waals surface area contributed by atoms with Gasteiger partial charge in [-0.3, -0.25) is 9.89 Å². The summed E-state index contributed by atoms with van der Waals surface area (Å²) in [6.45, 7) is 1.87. The van der Waals surface area contributed by atoms with Gasteiger partial charge in [-0.25, -0.2) is 5.43 Å². The van der Waals surface area contributed by atoms with Gasteiger partial charge in [0, 0.05) is 5.56 Å².